The van der Waals surface area contributed by atoms with Gasteiger partial charge in [-0.25, -0.2) is 0 Å². The summed E-state index contributed by atoms with van der Waals surface area (Å²) in [5.41, 5.74) is 1.79. The summed E-state index contributed by atoms with van der Waals surface area (Å²) in [5, 5.41) is 8.84. The molecule has 0 unspecified atom stereocenters. The molecule has 1 N–H and O–H groups in total. The summed E-state index contributed by atoms with van der Waals surface area (Å²) in [5.74, 6) is 0.593. The van der Waals surface area contributed by atoms with Crippen molar-refractivity contribution in [3.8, 4) is 6.07 Å². The number of nitriles is 1. The van der Waals surface area contributed by atoms with E-state index in [4.69, 9.17) is 17.5 Å². The average molecular weight is 176 g/mol. The molecule has 0 radical (unpaired) electrons. The second kappa shape index (κ2) is 2.72. The van der Waals surface area contributed by atoms with Crippen LogP contribution in [0.5, 0.6) is 0 Å². The molecule has 0 aliphatic heterocycles. The molecular weight excluding hydrogens is 168 g/mol. The molecule has 0 spiro atoms. The van der Waals surface area contributed by atoms with Crippen LogP contribution in [-0.2, 0) is 0 Å². The Hall–Kier alpha value is -1.14. The molecule has 1 saturated carbocycles. The molecular formula is C9H8N2S. The van der Waals surface area contributed by atoms with Crippen LogP contribution in [0.1, 0.15) is 29.9 Å². The van der Waals surface area contributed by atoms with Crippen LogP contribution in [0.15, 0.2) is 12.3 Å². The number of H-pyrrole nitrogens is 1. The van der Waals surface area contributed by atoms with Gasteiger partial charge >= 0.3 is 0 Å². The molecule has 2 nitrogen and oxygen atoms in total. The molecule has 1 fully saturated rings. The lowest BCUT2D eigenvalue weighted by Crippen LogP contribution is -1.89. The van der Waals surface area contributed by atoms with Crippen molar-refractivity contribution in [2.75, 3.05) is 0 Å². The van der Waals surface area contributed by atoms with Crippen molar-refractivity contribution in [3.63, 3.8) is 0 Å². The first kappa shape index (κ1) is 7.51. The molecule has 1 aromatic rings. The first-order valence-corrected chi connectivity index (χ1v) is 4.35. The second-order valence-electron chi connectivity index (χ2n) is 3.02. The van der Waals surface area contributed by atoms with Crippen molar-refractivity contribution in [2.24, 2.45) is 0 Å². The Bertz CT molecular complexity index is 396. The van der Waals surface area contributed by atoms with E-state index in [1.807, 2.05) is 12.3 Å². The van der Waals surface area contributed by atoms with Crippen LogP contribution in [0.25, 0.3) is 0 Å². The number of rotatable bonds is 1. The molecule has 1 aliphatic rings. The molecule has 0 aromatic carbocycles. The van der Waals surface area contributed by atoms with E-state index in [2.05, 4.69) is 11.1 Å². The zero-order chi connectivity index (χ0) is 8.55. The fourth-order valence-electron chi connectivity index (χ4n) is 1.34. The Kier molecular flexibility index (Phi) is 1.70. The minimum atomic E-state index is 0.571. The second-order valence-corrected chi connectivity index (χ2v) is 3.43. The standard InChI is InChI=1S/C9H8N2S/c10-5-8-7(6-1-2-6)3-4-11-9(8)12/h3-4,6H,1-2H2,(H,11,12). The molecule has 0 amide bonds. The van der Waals surface area contributed by atoms with Crippen LogP contribution in [0.3, 0.4) is 0 Å². The van der Waals surface area contributed by atoms with Crippen molar-refractivity contribution in [1.82, 2.24) is 4.98 Å². The van der Waals surface area contributed by atoms with Crippen molar-refractivity contribution in [1.29, 1.82) is 5.26 Å². The maximum Gasteiger partial charge on any atom is 0.121 e. The van der Waals surface area contributed by atoms with Gasteiger partial charge < -0.3 is 4.98 Å². The average Bonchev–Trinajstić information content (AvgIpc) is 2.86. The molecule has 1 aromatic heterocycles. The van der Waals surface area contributed by atoms with Crippen molar-refractivity contribution in [3.05, 3.63) is 28.0 Å². The summed E-state index contributed by atoms with van der Waals surface area (Å²) in [6.07, 6.45) is 4.22. The van der Waals surface area contributed by atoms with Gasteiger partial charge in [-0.15, -0.1) is 0 Å². The first-order valence-electron chi connectivity index (χ1n) is 3.94. The van der Waals surface area contributed by atoms with E-state index in [9.17, 15) is 0 Å². The Morgan fingerprint density at radius 1 is 1.58 bits per heavy atom. The molecule has 3 heteroatoms. The van der Waals surface area contributed by atoms with Gasteiger partial charge in [-0.1, -0.05) is 12.2 Å². The molecule has 1 aliphatic carbocycles. The summed E-state index contributed by atoms with van der Waals surface area (Å²) >= 11 is 5.01. The minimum absolute atomic E-state index is 0.571. The summed E-state index contributed by atoms with van der Waals surface area (Å²) in [4.78, 5) is 2.87. The lowest BCUT2D eigenvalue weighted by molar-refractivity contribution is 1.09. The van der Waals surface area contributed by atoms with E-state index in [1.165, 1.54) is 12.8 Å². The third-order valence-corrected chi connectivity index (χ3v) is 2.44. The molecule has 0 bridgehead atoms. The Labute approximate surface area is 75.9 Å². The number of nitrogens with zero attached hydrogens (tertiary/aromatic N) is 1. The number of aromatic nitrogens is 1. The third kappa shape index (κ3) is 1.15. The lowest BCUT2D eigenvalue weighted by atomic mass is 10.1. The number of aromatic amines is 1. The molecule has 60 valence electrons. The number of nitrogens with one attached hydrogen (secondary N) is 1. The quantitative estimate of drug-likeness (QED) is 0.668. The van der Waals surface area contributed by atoms with Crippen LogP contribution in [0.2, 0.25) is 0 Å². The number of pyridine rings is 1. The Morgan fingerprint density at radius 3 is 2.92 bits per heavy atom. The van der Waals surface area contributed by atoms with Crippen LogP contribution in [-0.4, -0.2) is 4.98 Å². The fourth-order valence-corrected chi connectivity index (χ4v) is 1.58. The van der Waals surface area contributed by atoms with Gasteiger partial charge in [-0.2, -0.15) is 5.26 Å². The van der Waals surface area contributed by atoms with E-state index < -0.39 is 0 Å². The van der Waals surface area contributed by atoms with E-state index in [-0.39, 0.29) is 0 Å². The number of hydrogen-bond acceptors (Lipinski definition) is 2. The maximum atomic E-state index is 8.84. The highest BCUT2D eigenvalue weighted by atomic mass is 32.1. The van der Waals surface area contributed by atoms with Crippen molar-refractivity contribution >= 4 is 12.2 Å². The van der Waals surface area contributed by atoms with Gasteiger partial charge in [0.05, 0.1) is 5.56 Å². The van der Waals surface area contributed by atoms with Gasteiger partial charge in [0.2, 0.25) is 0 Å². The molecule has 0 saturated heterocycles. The van der Waals surface area contributed by atoms with Crippen LogP contribution < -0.4 is 0 Å². The van der Waals surface area contributed by atoms with Gasteiger partial charge in [-0.05, 0) is 30.4 Å². The molecule has 1 heterocycles. The van der Waals surface area contributed by atoms with Gasteiger partial charge in [0.25, 0.3) is 0 Å². The predicted molar refractivity (Wildman–Crippen MR) is 48.3 cm³/mol. The maximum absolute atomic E-state index is 8.84. The van der Waals surface area contributed by atoms with E-state index >= 15 is 0 Å². The normalized spacial score (nSPS) is 15.6. The highest BCUT2D eigenvalue weighted by Crippen LogP contribution is 2.41. The topological polar surface area (TPSA) is 39.6 Å². The summed E-state index contributed by atoms with van der Waals surface area (Å²) in [6.45, 7) is 0. The highest BCUT2D eigenvalue weighted by molar-refractivity contribution is 7.71. The van der Waals surface area contributed by atoms with E-state index in [1.54, 1.807) is 0 Å². The van der Waals surface area contributed by atoms with Crippen LogP contribution >= 0.6 is 12.2 Å². The third-order valence-electron chi connectivity index (χ3n) is 2.12. The van der Waals surface area contributed by atoms with Gasteiger partial charge in [0.1, 0.15) is 10.7 Å². The number of hydrogen-bond donors (Lipinski definition) is 1. The first-order chi connectivity index (χ1) is 5.83. The largest absolute Gasteiger partial charge is 0.352 e. The molecule has 12 heavy (non-hydrogen) atoms. The van der Waals surface area contributed by atoms with E-state index in [0.717, 1.165) is 5.56 Å². The van der Waals surface area contributed by atoms with Crippen LogP contribution in [0.4, 0.5) is 0 Å². The summed E-state index contributed by atoms with van der Waals surface area (Å²) in [6, 6.07) is 4.11. The smallest absolute Gasteiger partial charge is 0.121 e. The Balaban J connectivity index is 2.60. The van der Waals surface area contributed by atoms with Gasteiger partial charge in [-0.3, -0.25) is 0 Å². The zero-order valence-electron chi connectivity index (χ0n) is 6.50. The monoisotopic (exact) mass is 176 g/mol. The SMILES string of the molecule is N#Cc1c(C2CC2)cc[nH]c1=S. The minimum Gasteiger partial charge on any atom is -0.352 e. The fraction of sp³-hybridized carbons (Fsp3) is 0.333. The highest BCUT2D eigenvalue weighted by Gasteiger charge is 2.26. The molecule has 0 atom stereocenters. The van der Waals surface area contributed by atoms with E-state index in [0.29, 0.717) is 16.1 Å². The Morgan fingerprint density at radius 2 is 2.33 bits per heavy atom. The summed E-state index contributed by atoms with van der Waals surface area (Å²) in [7, 11) is 0. The lowest BCUT2D eigenvalue weighted by Gasteiger charge is -1.99. The van der Waals surface area contributed by atoms with Gasteiger partial charge in [0, 0.05) is 6.20 Å². The zero-order valence-corrected chi connectivity index (χ0v) is 7.32. The van der Waals surface area contributed by atoms with Crippen molar-refractivity contribution in [2.45, 2.75) is 18.8 Å². The van der Waals surface area contributed by atoms with Crippen molar-refractivity contribution < 1.29 is 0 Å². The van der Waals surface area contributed by atoms with Gasteiger partial charge in [0.15, 0.2) is 0 Å². The summed E-state index contributed by atoms with van der Waals surface area (Å²) < 4.78 is 0.571. The van der Waals surface area contributed by atoms with Crippen LogP contribution in [0, 0.1) is 16.0 Å². The predicted octanol–water partition coefficient (Wildman–Crippen LogP) is 2.49. The molecule has 2 rings (SSSR count).